The second-order valence-electron chi connectivity index (χ2n) is 10.4. The maximum atomic E-state index is 13.9. The Hall–Kier alpha value is -3.68. The van der Waals surface area contributed by atoms with Gasteiger partial charge in [0, 0.05) is 45.8 Å². The molecule has 2 aromatic carbocycles. The Labute approximate surface area is 223 Å². The number of allylic oxidation sites excluding steroid dienone is 2. The van der Waals surface area contributed by atoms with Gasteiger partial charge in [-0.15, -0.1) is 11.3 Å². The van der Waals surface area contributed by atoms with Gasteiger partial charge >= 0.3 is 0 Å². The summed E-state index contributed by atoms with van der Waals surface area (Å²) in [6, 6.07) is 17.4. The number of carbonyl (C=O) groups excluding carboxylic acids is 2. The van der Waals surface area contributed by atoms with Gasteiger partial charge in [-0.2, -0.15) is 0 Å². The van der Waals surface area contributed by atoms with Crippen LogP contribution >= 0.6 is 22.9 Å². The van der Waals surface area contributed by atoms with Gasteiger partial charge in [0.1, 0.15) is 9.88 Å². The van der Waals surface area contributed by atoms with Crippen molar-refractivity contribution in [2.24, 2.45) is 11.1 Å². The quantitative estimate of drug-likeness (QED) is 0.313. The molecule has 1 aliphatic heterocycles. The molecule has 6 rings (SSSR count). The number of primary amides is 1. The van der Waals surface area contributed by atoms with Crippen LogP contribution in [0, 0.1) is 5.41 Å². The van der Waals surface area contributed by atoms with E-state index in [1.54, 1.807) is 6.20 Å². The predicted molar refractivity (Wildman–Crippen MR) is 149 cm³/mol. The van der Waals surface area contributed by atoms with Crippen LogP contribution in [0.15, 0.2) is 72.1 Å². The van der Waals surface area contributed by atoms with Crippen LogP contribution in [0.5, 0.6) is 0 Å². The number of thiophene rings is 1. The molecule has 1 atom stereocenters. The third kappa shape index (κ3) is 3.72. The van der Waals surface area contributed by atoms with E-state index < -0.39 is 11.8 Å². The normalized spacial score (nSPS) is 18.6. The lowest BCUT2D eigenvalue weighted by Crippen LogP contribution is -2.37. The van der Waals surface area contributed by atoms with Gasteiger partial charge in [-0.1, -0.05) is 55.8 Å². The van der Waals surface area contributed by atoms with Crippen LogP contribution in [-0.4, -0.2) is 16.7 Å². The van der Waals surface area contributed by atoms with E-state index in [0.717, 1.165) is 38.4 Å². The average Bonchev–Trinajstić information content (AvgIpc) is 3.19. The lowest BCUT2D eigenvalue weighted by atomic mass is 9.68. The summed E-state index contributed by atoms with van der Waals surface area (Å²) in [5.74, 6) is -0.956. The number of nitrogen functional groups attached to an aromatic ring is 1. The first kappa shape index (κ1) is 23.7. The van der Waals surface area contributed by atoms with Crippen molar-refractivity contribution in [2.75, 3.05) is 10.6 Å². The molecule has 0 saturated heterocycles. The maximum absolute atomic E-state index is 13.9. The van der Waals surface area contributed by atoms with E-state index in [0.29, 0.717) is 29.1 Å². The molecule has 1 aliphatic carbocycles. The third-order valence-electron chi connectivity index (χ3n) is 7.19. The fourth-order valence-corrected chi connectivity index (χ4v) is 6.96. The Kier molecular flexibility index (Phi) is 5.40. The van der Waals surface area contributed by atoms with Crippen LogP contribution in [0.3, 0.4) is 0 Å². The molecule has 4 aromatic rings. The van der Waals surface area contributed by atoms with Gasteiger partial charge in [-0.05, 0) is 41.7 Å². The number of carbonyl (C=O) groups is 2. The monoisotopic (exact) mass is 528 g/mol. The van der Waals surface area contributed by atoms with Crippen molar-refractivity contribution in [1.82, 2.24) is 4.98 Å². The number of halogens is 1. The van der Waals surface area contributed by atoms with Crippen LogP contribution < -0.4 is 16.4 Å². The molecule has 2 aromatic heterocycles. The van der Waals surface area contributed by atoms with Crippen molar-refractivity contribution in [3.05, 3.63) is 93.1 Å². The largest absolute Gasteiger partial charge is 0.397 e. The first-order chi connectivity index (χ1) is 17.7. The van der Waals surface area contributed by atoms with E-state index in [1.807, 2.05) is 54.6 Å². The molecular formula is C29H25ClN4O2S. The van der Waals surface area contributed by atoms with Crippen LogP contribution in [0.25, 0.3) is 10.9 Å². The number of fused-ring (bicyclic) bond motifs is 2. The number of nitrogens with zero attached hydrogens (tertiary/aromatic N) is 2. The topological polar surface area (TPSA) is 102 Å². The third-order valence-corrected chi connectivity index (χ3v) is 8.66. The number of rotatable bonds is 3. The number of benzene rings is 2. The molecule has 0 fully saturated rings. The number of pyridine rings is 1. The number of anilines is 3. The minimum atomic E-state index is -0.590. The Morgan fingerprint density at radius 3 is 2.57 bits per heavy atom. The SMILES string of the molecule is CC1(C)CC(=O)C2=C(C1)N(c1cccc3cccnc13)c1sc(C(N)=O)c(N)c1C2c1ccc(Cl)cc1. The van der Waals surface area contributed by atoms with Crippen LogP contribution in [0.2, 0.25) is 5.02 Å². The Bertz CT molecular complexity index is 1630. The lowest BCUT2D eigenvalue weighted by Gasteiger charge is -2.44. The number of para-hydroxylation sites is 1. The zero-order valence-electron chi connectivity index (χ0n) is 20.4. The van der Waals surface area contributed by atoms with E-state index in [4.69, 9.17) is 28.1 Å². The summed E-state index contributed by atoms with van der Waals surface area (Å²) in [5, 5.41) is 2.36. The summed E-state index contributed by atoms with van der Waals surface area (Å²) in [7, 11) is 0. The smallest absolute Gasteiger partial charge is 0.260 e. The minimum Gasteiger partial charge on any atom is -0.397 e. The first-order valence-corrected chi connectivity index (χ1v) is 13.2. The van der Waals surface area contributed by atoms with Gasteiger partial charge in [0.15, 0.2) is 5.78 Å². The average molecular weight is 529 g/mol. The molecule has 1 unspecified atom stereocenters. The highest BCUT2D eigenvalue weighted by Gasteiger charge is 2.46. The fraction of sp³-hybridized carbons (Fsp3) is 0.207. The number of nitrogens with two attached hydrogens (primary N) is 2. The van der Waals surface area contributed by atoms with E-state index >= 15 is 0 Å². The van der Waals surface area contributed by atoms with Crippen molar-refractivity contribution in [2.45, 2.75) is 32.6 Å². The Morgan fingerprint density at radius 1 is 1.11 bits per heavy atom. The number of ketones is 1. The van der Waals surface area contributed by atoms with Gasteiger partial charge in [0.25, 0.3) is 5.91 Å². The molecule has 8 heteroatoms. The molecule has 2 aliphatic rings. The molecule has 0 spiro atoms. The predicted octanol–water partition coefficient (Wildman–Crippen LogP) is 6.56. The summed E-state index contributed by atoms with van der Waals surface area (Å²) in [6.45, 7) is 4.22. The van der Waals surface area contributed by atoms with Crippen molar-refractivity contribution in [1.29, 1.82) is 0 Å². The number of Topliss-reactive ketones (excluding diaryl/α,β-unsaturated/α-hetero) is 1. The van der Waals surface area contributed by atoms with Gasteiger partial charge in [-0.25, -0.2) is 0 Å². The van der Waals surface area contributed by atoms with E-state index in [9.17, 15) is 9.59 Å². The molecule has 186 valence electrons. The van der Waals surface area contributed by atoms with E-state index in [1.165, 1.54) is 11.3 Å². The van der Waals surface area contributed by atoms with Crippen molar-refractivity contribution >= 4 is 61.9 Å². The van der Waals surface area contributed by atoms with Crippen molar-refractivity contribution < 1.29 is 9.59 Å². The molecule has 0 radical (unpaired) electrons. The maximum Gasteiger partial charge on any atom is 0.260 e. The number of hydrogen-bond donors (Lipinski definition) is 2. The number of amides is 1. The number of aromatic nitrogens is 1. The molecule has 0 bridgehead atoms. The van der Waals surface area contributed by atoms with E-state index in [2.05, 4.69) is 18.7 Å². The van der Waals surface area contributed by atoms with Crippen LogP contribution in [0.1, 0.15) is 53.4 Å². The summed E-state index contributed by atoms with van der Waals surface area (Å²) in [5.41, 5.74) is 17.4. The van der Waals surface area contributed by atoms with Gasteiger partial charge < -0.3 is 16.4 Å². The van der Waals surface area contributed by atoms with Gasteiger partial charge in [0.05, 0.1) is 16.9 Å². The van der Waals surface area contributed by atoms with Gasteiger partial charge in [-0.3, -0.25) is 14.6 Å². The first-order valence-electron chi connectivity index (χ1n) is 12.0. The van der Waals surface area contributed by atoms with Gasteiger partial charge in [0.2, 0.25) is 0 Å². The highest BCUT2D eigenvalue weighted by atomic mass is 35.5. The van der Waals surface area contributed by atoms with Crippen LogP contribution in [-0.2, 0) is 4.79 Å². The molecular weight excluding hydrogens is 504 g/mol. The molecule has 0 saturated carbocycles. The summed E-state index contributed by atoms with van der Waals surface area (Å²) in [4.78, 5) is 33.5. The summed E-state index contributed by atoms with van der Waals surface area (Å²) in [6.07, 6.45) is 2.85. The second kappa shape index (κ2) is 8.43. The van der Waals surface area contributed by atoms with Crippen molar-refractivity contribution in [3.63, 3.8) is 0 Å². The minimum absolute atomic E-state index is 0.0706. The van der Waals surface area contributed by atoms with Crippen molar-refractivity contribution in [3.8, 4) is 0 Å². The number of hydrogen-bond acceptors (Lipinski definition) is 6. The molecule has 4 N–H and O–H groups in total. The fourth-order valence-electron chi connectivity index (χ4n) is 5.68. The molecule has 3 heterocycles. The Balaban J connectivity index is 1.73. The zero-order valence-corrected chi connectivity index (χ0v) is 22.0. The highest BCUT2D eigenvalue weighted by Crippen LogP contribution is 2.58. The highest BCUT2D eigenvalue weighted by molar-refractivity contribution is 7.19. The summed E-state index contributed by atoms with van der Waals surface area (Å²) >= 11 is 7.48. The van der Waals surface area contributed by atoms with Crippen LogP contribution in [0.4, 0.5) is 16.4 Å². The Morgan fingerprint density at radius 2 is 1.84 bits per heavy atom. The second-order valence-corrected chi connectivity index (χ2v) is 11.8. The molecule has 1 amide bonds. The summed E-state index contributed by atoms with van der Waals surface area (Å²) < 4.78 is 0. The van der Waals surface area contributed by atoms with E-state index in [-0.39, 0.29) is 16.1 Å². The molecule has 37 heavy (non-hydrogen) atoms. The standard InChI is InChI=1S/C29H25ClN4O2S/c1-29(2)13-19-22(20(35)14-29)21(15-8-10-17(30)11-9-15)23-24(31)26(27(32)36)37-28(23)34(19)18-7-3-5-16-6-4-12-33-25(16)18/h3-12,21H,13-14,31H2,1-2H3,(H2,32,36). The lowest BCUT2D eigenvalue weighted by molar-refractivity contribution is -0.118. The molecule has 6 nitrogen and oxygen atoms in total. The zero-order chi connectivity index (χ0) is 26.1.